The summed E-state index contributed by atoms with van der Waals surface area (Å²) < 4.78 is 63.9. The van der Waals surface area contributed by atoms with Gasteiger partial charge in [0.25, 0.3) is 0 Å². The summed E-state index contributed by atoms with van der Waals surface area (Å²) in [6.45, 7) is -0.106. The van der Waals surface area contributed by atoms with Gasteiger partial charge in [-0.15, -0.1) is 0 Å². The summed E-state index contributed by atoms with van der Waals surface area (Å²) in [5.41, 5.74) is -0.576. The van der Waals surface area contributed by atoms with Crippen LogP contribution in [0.1, 0.15) is 11.1 Å². The lowest BCUT2D eigenvalue weighted by atomic mass is 10.1. The quantitative estimate of drug-likeness (QED) is 0.814. The van der Waals surface area contributed by atoms with Crippen LogP contribution < -0.4 is 5.32 Å². The highest BCUT2D eigenvalue weighted by molar-refractivity contribution is 5.47. The Kier molecular flexibility index (Phi) is 3.92. The van der Waals surface area contributed by atoms with Crippen molar-refractivity contribution in [2.45, 2.75) is 12.7 Å². The monoisotopic (exact) mass is 287 g/mol. The minimum absolute atomic E-state index is 0.0439. The summed E-state index contributed by atoms with van der Waals surface area (Å²) in [6, 6.07) is 8.19. The fourth-order valence-electron chi connectivity index (χ4n) is 1.69. The Morgan fingerprint density at radius 1 is 0.950 bits per heavy atom. The van der Waals surface area contributed by atoms with Crippen LogP contribution in [0.25, 0.3) is 0 Å². The molecule has 0 heterocycles. The van der Waals surface area contributed by atoms with Crippen LogP contribution in [0.2, 0.25) is 0 Å². The van der Waals surface area contributed by atoms with E-state index in [4.69, 9.17) is 0 Å². The SMILES string of the molecule is Fc1cccc(CNc2cccc(C(F)(F)F)c2)c1F. The third-order valence-electron chi connectivity index (χ3n) is 2.70. The molecular weight excluding hydrogens is 277 g/mol. The molecule has 0 aromatic heterocycles. The van der Waals surface area contributed by atoms with Crippen LogP contribution in [-0.4, -0.2) is 0 Å². The third kappa shape index (κ3) is 3.26. The molecule has 0 amide bonds. The van der Waals surface area contributed by atoms with Gasteiger partial charge >= 0.3 is 6.18 Å². The molecule has 6 heteroatoms. The van der Waals surface area contributed by atoms with E-state index in [0.717, 1.165) is 18.2 Å². The van der Waals surface area contributed by atoms with E-state index in [1.54, 1.807) is 0 Å². The van der Waals surface area contributed by atoms with Crippen molar-refractivity contribution in [3.63, 3.8) is 0 Å². The van der Waals surface area contributed by atoms with Crippen LogP contribution in [0.4, 0.5) is 27.6 Å². The van der Waals surface area contributed by atoms with Crippen molar-refractivity contribution in [2.75, 3.05) is 5.32 Å². The second-order valence-electron chi connectivity index (χ2n) is 4.15. The molecule has 0 saturated carbocycles. The smallest absolute Gasteiger partial charge is 0.381 e. The van der Waals surface area contributed by atoms with Crippen molar-refractivity contribution < 1.29 is 22.0 Å². The first-order valence-corrected chi connectivity index (χ1v) is 5.72. The van der Waals surface area contributed by atoms with E-state index in [1.807, 2.05) is 0 Å². The van der Waals surface area contributed by atoms with Crippen molar-refractivity contribution in [1.82, 2.24) is 0 Å². The Bertz CT molecular complexity index is 607. The number of rotatable bonds is 3. The molecule has 0 fully saturated rings. The van der Waals surface area contributed by atoms with Crippen molar-refractivity contribution in [3.8, 4) is 0 Å². The van der Waals surface area contributed by atoms with E-state index in [-0.39, 0.29) is 17.8 Å². The van der Waals surface area contributed by atoms with Crippen LogP contribution in [0.3, 0.4) is 0 Å². The Hall–Kier alpha value is -2.11. The predicted octanol–water partition coefficient (Wildman–Crippen LogP) is 4.60. The van der Waals surface area contributed by atoms with Gasteiger partial charge in [-0.25, -0.2) is 8.78 Å². The zero-order chi connectivity index (χ0) is 14.8. The summed E-state index contributed by atoms with van der Waals surface area (Å²) >= 11 is 0. The fraction of sp³-hybridized carbons (Fsp3) is 0.143. The Labute approximate surface area is 112 Å². The Balaban J connectivity index is 2.13. The van der Waals surface area contributed by atoms with Gasteiger partial charge in [-0.3, -0.25) is 0 Å². The van der Waals surface area contributed by atoms with Gasteiger partial charge in [-0.1, -0.05) is 18.2 Å². The first-order valence-electron chi connectivity index (χ1n) is 5.72. The average Bonchev–Trinajstić information content (AvgIpc) is 2.40. The van der Waals surface area contributed by atoms with E-state index >= 15 is 0 Å². The molecule has 2 aromatic carbocycles. The van der Waals surface area contributed by atoms with Crippen LogP contribution in [0.5, 0.6) is 0 Å². The highest BCUT2D eigenvalue weighted by Gasteiger charge is 2.30. The predicted molar refractivity (Wildman–Crippen MR) is 65.1 cm³/mol. The van der Waals surface area contributed by atoms with Gasteiger partial charge in [0.1, 0.15) is 0 Å². The number of hydrogen-bond acceptors (Lipinski definition) is 1. The van der Waals surface area contributed by atoms with Crippen molar-refractivity contribution in [1.29, 1.82) is 0 Å². The molecule has 0 spiro atoms. The Morgan fingerprint density at radius 2 is 1.65 bits per heavy atom. The molecule has 0 aliphatic carbocycles. The molecule has 2 rings (SSSR count). The molecule has 0 bridgehead atoms. The summed E-state index contributed by atoms with van der Waals surface area (Å²) in [7, 11) is 0. The van der Waals surface area contributed by atoms with E-state index in [1.165, 1.54) is 24.3 Å². The zero-order valence-electron chi connectivity index (χ0n) is 10.1. The number of halogens is 5. The number of benzene rings is 2. The van der Waals surface area contributed by atoms with Crippen LogP contribution in [-0.2, 0) is 12.7 Å². The molecule has 0 radical (unpaired) electrons. The largest absolute Gasteiger partial charge is 0.416 e. The van der Waals surface area contributed by atoms with Crippen LogP contribution in [0.15, 0.2) is 42.5 Å². The van der Waals surface area contributed by atoms with Crippen molar-refractivity contribution >= 4 is 5.69 Å². The maximum atomic E-state index is 13.4. The van der Waals surface area contributed by atoms with Gasteiger partial charge in [0.05, 0.1) is 5.56 Å². The first-order chi connectivity index (χ1) is 9.38. The van der Waals surface area contributed by atoms with Gasteiger partial charge < -0.3 is 5.32 Å². The normalized spacial score (nSPS) is 11.4. The van der Waals surface area contributed by atoms with Crippen molar-refractivity contribution in [3.05, 3.63) is 65.2 Å². The summed E-state index contributed by atoms with van der Waals surface area (Å²) in [5, 5.41) is 2.63. The van der Waals surface area contributed by atoms with Crippen LogP contribution >= 0.6 is 0 Å². The lowest BCUT2D eigenvalue weighted by molar-refractivity contribution is -0.137. The molecule has 20 heavy (non-hydrogen) atoms. The maximum Gasteiger partial charge on any atom is 0.416 e. The molecule has 1 N–H and O–H groups in total. The summed E-state index contributed by atoms with van der Waals surface area (Å²) in [4.78, 5) is 0. The second kappa shape index (κ2) is 5.48. The summed E-state index contributed by atoms with van der Waals surface area (Å²) in [5.74, 6) is -2.00. The van der Waals surface area contributed by atoms with Crippen LogP contribution in [0, 0.1) is 11.6 Å². The Morgan fingerprint density at radius 3 is 2.35 bits per heavy atom. The lowest BCUT2D eigenvalue weighted by Gasteiger charge is -2.11. The van der Waals surface area contributed by atoms with Crippen molar-refractivity contribution in [2.24, 2.45) is 0 Å². The van der Waals surface area contributed by atoms with E-state index in [2.05, 4.69) is 5.32 Å². The third-order valence-corrected chi connectivity index (χ3v) is 2.70. The minimum Gasteiger partial charge on any atom is -0.381 e. The fourth-order valence-corrected chi connectivity index (χ4v) is 1.69. The number of nitrogens with one attached hydrogen (secondary N) is 1. The topological polar surface area (TPSA) is 12.0 Å². The molecule has 106 valence electrons. The molecule has 2 aromatic rings. The molecule has 1 nitrogen and oxygen atoms in total. The van der Waals surface area contributed by atoms with Gasteiger partial charge in [-0.2, -0.15) is 13.2 Å². The van der Waals surface area contributed by atoms with E-state index < -0.39 is 23.4 Å². The highest BCUT2D eigenvalue weighted by atomic mass is 19.4. The average molecular weight is 287 g/mol. The molecule has 0 unspecified atom stereocenters. The van der Waals surface area contributed by atoms with Gasteiger partial charge in [0.2, 0.25) is 0 Å². The molecular formula is C14H10F5N. The van der Waals surface area contributed by atoms with E-state index in [9.17, 15) is 22.0 Å². The number of alkyl halides is 3. The zero-order valence-corrected chi connectivity index (χ0v) is 10.1. The second-order valence-corrected chi connectivity index (χ2v) is 4.15. The number of hydrogen-bond donors (Lipinski definition) is 1. The van der Waals surface area contributed by atoms with Gasteiger partial charge in [0, 0.05) is 17.8 Å². The number of anilines is 1. The lowest BCUT2D eigenvalue weighted by Crippen LogP contribution is -2.07. The van der Waals surface area contributed by atoms with Gasteiger partial charge in [-0.05, 0) is 24.3 Å². The molecule has 0 atom stereocenters. The first kappa shape index (κ1) is 14.3. The standard InChI is InChI=1S/C14H10F5N/c15-12-6-1-3-9(13(12)16)8-20-11-5-2-4-10(7-11)14(17,18)19/h1-7,20H,8H2. The minimum atomic E-state index is -4.44. The van der Waals surface area contributed by atoms with E-state index in [0.29, 0.717) is 0 Å². The van der Waals surface area contributed by atoms with Gasteiger partial charge in [0.15, 0.2) is 11.6 Å². The maximum absolute atomic E-state index is 13.4. The molecule has 0 saturated heterocycles. The summed E-state index contributed by atoms with van der Waals surface area (Å²) in [6.07, 6.45) is -4.44. The molecule has 0 aliphatic rings. The highest BCUT2D eigenvalue weighted by Crippen LogP contribution is 2.30. The molecule has 0 aliphatic heterocycles.